The van der Waals surface area contributed by atoms with Crippen LogP contribution in [0.4, 0.5) is 0 Å². The Hall–Kier alpha value is -2.47. The molecule has 3 heterocycles. The molecule has 1 saturated carbocycles. The number of aromatic nitrogens is 2. The van der Waals surface area contributed by atoms with Crippen molar-refractivity contribution >= 4 is 17.2 Å². The zero-order valence-electron chi connectivity index (χ0n) is 12.4. The summed E-state index contributed by atoms with van der Waals surface area (Å²) in [6.07, 6.45) is 6.93. The number of carbonyl (C=O) groups excluding carboxylic acids is 1. The van der Waals surface area contributed by atoms with E-state index >= 15 is 0 Å². The minimum absolute atomic E-state index is 0.0681. The Morgan fingerprint density at radius 3 is 2.83 bits per heavy atom. The minimum atomic E-state index is -0.0681. The predicted molar refractivity (Wildman–Crippen MR) is 86.9 cm³/mol. The van der Waals surface area contributed by atoms with E-state index in [4.69, 9.17) is 4.42 Å². The Balaban J connectivity index is 1.63. The van der Waals surface area contributed by atoms with Gasteiger partial charge in [0.05, 0.1) is 4.88 Å². The summed E-state index contributed by atoms with van der Waals surface area (Å²) in [5.41, 5.74) is 1.47. The lowest BCUT2D eigenvalue weighted by atomic mass is 10.2. The van der Waals surface area contributed by atoms with Crippen LogP contribution in [0.5, 0.6) is 0 Å². The van der Waals surface area contributed by atoms with Crippen molar-refractivity contribution in [3.05, 3.63) is 59.7 Å². The molecule has 0 atom stereocenters. The molecule has 0 N–H and O–H groups in total. The van der Waals surface area contributed by atoms with Gasteiger partial charge in [-0.15, -0.1) is 11.3 Å². The lowest BCUT2D eigenvalue weighted by molar-refractivity contribution is 0.0725. The summed E-state index contributed by atoms with van der Waals surface area (Å²) in [5.74, 6) is 0.492. The fourth-order valence-electron chi connectivity index (χ4n) is 2.55. The molecule has 0 spiro atoms. The van der Waals surface area contributed by atoms with E-state index in [1.807, 2.05) is 34.5 Å². The molecule has 116 valence electrons. The second kappa shape index (κ2) is 5.96. The van der Waals surface area contributed by atoms with Gasteiger partial charge >= 0.3 is 0 Å². The zero-order valence-corrected chi connectivity index (χ0v) is 13.2. The average Bonchev–Trinajstić information content (AvgIpc) is 3.08. The van der Waals surface area contributed by atoms with Gasteiger partial charge in [0.2, 0.25) is 0 Å². The third-order valence-corrected chi connectivity index (χ3v) is 4.73. The van der Waals surface area contributed by atoms with Gasteiger partial charge < -0.3 is 9.32 Å². The zero-order chi connectivity index (χ0) is 15.6. The van der Waals surface area contributed by atoms with E-state index in [0.717, 1.165) is 23.3 Å². The summed E-state index contributed by atoms with van der Waals surface area (Å²) >= 11 is 1.54. The maximum atomic E-state index is 13.0. The quantitative estimate of drug-likeness (QED) is 0.719. The lowest BCUT2D eigenvalue weighted by Gasteiger charge is -2.21. The maximum absolute atomic E-state index is 13.0. The van der Waals surface area contributed by atoms with E-state index in [1.165, 1.54) is 17.7 Å². The Labute approximate surface area is 137 Å². The number of hydrogen-bond acceptors (Lipinski definition) is 5. The normalized spacial score (nSPS) is 13.9. The molecule has 3 aromatic heterocycles. The van der Waals surface area contributed by atoms with Gasteiger partial charge in [0.15, 0.2) is 17.8 Å². The predicted octanol–water partition coefficient (Wildman–Crippen LogP) is 3.60. The van der Waals surface area contributed by atoms with E-state index in [1.54, 1.807) is 12.4 Å². The van der Waals surface area contributed by atoms with Crippen LogP contribution in [-0.4, -0.2) is 26.8 Å². The fourth-order valence-corrected chi connectivity index (χ4v) is 3.27. The standard InChI is InChI=1S/C17H15N3O2S/c21-17(15-16(22-11-19-15)14-2-1-9-23-14)20(13-3-4-13)10-12-5-7-18-8-6-12/h1-2,5-9,11,13H,3-4,10H2. The molecule has 0 bridgehead atoms. The van der Waals surface area contributed by atoms with Gasteiger partial charge in [-0.3, -0.25) is 9.78 Å². The summed E-state index contributed by atoms with van der Waals surface area (Å²) in [6, 6.07) is 8.04. The van der Waals surface area contributed by atoms with Crippen LogP contribution >= 0.6 is 11.3 Å². The number of oxazole rings is 1. The summed E-state index contributed by atoms with van der Waals surface area (Å²) in [4.78, 5) is 24.0. The molecule has 0 saturated heterocycles. The average molecular weight is 325 g/mol. The van der Waals surface area contributed by atoms with Crippen molar-refractivity contribution < 1.29 is 9.21 Å². The van der Waals surface area contributed by atoms with Crippen molar-refractivity contribution in [3.63, 3.8) is 0 Å². The maximum Gasteiger partial charge on any atom is 0.277 e. The smallest absolute Gasteiger partial charge is 0.277 e. The largest absolute Gasteiger partial charge is 0.442 e. The second-order valence-corrected chi connectivity index (χ2v) is 6.47. The highest BCUT2D eigenvalue weighted by atomic mass is 32.1. The summed E-state index contributed by atoms with van der Waals surface area (Å²) in [7, 11) is 0. The molecule has 0 radical (unpaired) electrons. The van der Waals surface area contributed by atoms with Crippen molar-refractivity contribution in [3.8, 4) is 10.6 Å². The summed E-state index contributed by atoms with van der Waals surface area (Å²) in [5, 5.41) is 1.96. The van der Waals surface area contributed by atoms with Crippen LogP contribution in [0, 0.1) is 0 Å². The van der Waals surface area contributed by atoms with Crippen LogP contribution in [0.1, 0.15) is 28.9 Å². The molecule has 1 aliphatic carbocycles. The molecule has 1 amide bonds. The molecule has 23 heavy (non-hydrogen) atoms. The van der Waals surface area contributed by atoms with Crippen LogP contribution in [0.25, 0.3) is 10.6 Å². The van der Waals surface area contributed by atoms with E-state index in [-0.39, 0.29) is 5.91 Å². The molecule has 1 aliphatic rings. The highest BCUT2D eigenvalue weighted by Crippen LogP contribution is 2.33. The molecule has 3 aromatic rings. The molecule has 4 rings (SSSR count). The molecule has 0 aromatic carbocycles. The molecule has 6 heteroatoms. The minimum Gasteiger partial charge on any atom is -0.442 e. The number of carbonyl (C=O) groups is 1. The van der Waals surface area contributed by atoms with Crippen LogP contribution in [-0.2, 0) is 6.54 Å². The fraction of sp³-hybridized carbons (Fsp3) is 0.235. The van der Waals surface area contributed by atoms with E-state index in [0.29, 0.717) is 24.0 Å². The SMILES string of the molecule is O=C(c1ncoc1-c1cccs1)N(Cc1ccncc1)C1CC1. The van der Waals surface area contributed by atoms with Crippen molar-refractivity contribution in [1.82, 2.24) is 14.9 Å². The highest BCUT2D eigenvalue weighted by molar-refractivity contribution is 7.13. The number of rotatable bonds is 5. The van der Waals surface area contributed by atoms with Crippen LogP contribution in [0.15, 0.2) is 52.9 Å². The number of amides is 1. The highest BCUT2D eigenvalue weighted by Gasteiger charge is 2.35. The Bertz CT molecular complexity index is 794. The Kier molecular flexibility index (Phi) is 3.67. The Morgan fingerprint density at radius 2 is 2.13 bits per heavy atom. The molecule has 0 aliphatic heterocycles. The van der Waals surface area contributed by atoms with Crippen molar-refractivity contribution in [2.45, 2.75) is 25.4 Å². The summed E-state index contributed by atoms with van der Waals surface area (Å²) in [6.45, 7) is 0.572. The van der Waals surface area contributed by atoms with E-state index in [2.05, 4.69) is 9.97 Å². The Morgan fingerprint density at radius 1 is 1.30 bits per heavy atom. The third kappa shape index (κ3) is 2.90. The first kappa shape index (κ1) is 14.1. The second-order valence-electron chi connectivity index (χ2n) is 5.53. The molecule has 0 unspecified atom stereocenters. The first-order valence-electron chi connectivity index (χ1n) is 7.50. The van der Waals surface area contributed by atoms with Crippen LogP contribution in [0.2, 0.25) is 0 Å². The molecule has 1 fully saturated rings. The van der Waals surface area contributed by atoms with Crippen molar-refractivity contribution in [2.75, 3.05) is 0 Å². The van der Waals surface area contributed by atoms with Gasteiger partial charge in [0.25, 0.3) is 5.91 Å². The van der Waals surface area contributed by atoms with Gasteiger partial charge in [-0.2, -0.15) is 0 Å². The van der Waals surface area contributed by atoms with Gasteiger partial charge in [-0.1, -0.05) is 6.07 Å². The monoisotopic (exact) mass is 325 g/mol. The number of pyridine rings is 1. The van der Waals surface area contributed by atoms with Crippen molar-refractivity contribution in [1.29, 1.82) is 0 Å². The first-order valence-corrected chi connectivity index (χ1v) is 8.38. The number of nitrogens with zero attached hydrogens (tertiary/aromatic N) is 3. The van der Waals surface area contributed by atoms with Gasteiger partial charge in [0.1, 0.15) is 0 Å². The molecular weight excluding hydrogens is 310 g/mol. The molecular formula is C17H15N3O2S. The van der Waals surface area contributed by atoms with Gasteiger partial charge in [-0.05, 0) is 42.0 Å². The van der Waals surface area contributed by atoms with Gasteiger partial charge in [-0.25, -0.2) is 4.98 Å². The van der Waals surface area contributed by atoms with Crippen molar-refractivity contribution in [2.24, 2.45) is 0 Å². The number of thiophene rings is 1. The van der Waals surface area contributed by atoms with Crippen LogP contribution in [0.3, 0.4) is 0 Å². The number of hydrogen-bond donors (Lipinski definition) is 0. The van der Waals surface area contributed by atoms with E-state index < -0.39 is 0 Å². The molecule has 5 nitrogen and oxygen atoms in total. The van der Waals surface area contributed by atoms with Crippen LogP contribution < -0.4 is 0 Å². The lowest BCUT2D eigenvalue weighted by Crippen LogP contribution is -2.33. The van der Waals surface area contributed by atoms with Gasteiger partial charge in [0, 0.05) is 25.0 Å². The topological polar surface area (TPSA) is 59.2 Å². The van der Waals surface area contributed by atoms with E-state index in [9.17, 15) is 4.79 Å². The summed E-state index contributed by atoms with van der Waals surface area (Å²) < 4.78 is 5.47. The first-order chi connectivity index (χ1) is 11.3. The third-order valence-electron chi connectivity index (χ3n) is 3.87.